The molecule has 0 unspecified atom stereocenters. The van der Waals surface area contributed by atoms with Gasteiger partial charge in [-0.05, 0) is 19.1 Å². The topological polar surface area (TPSA) is 48.2 Å². The third-order valence-electron chi connectivity index (χ3n) is 1.66. The van der Waals surface area contributed by atoms with Gasteiger partial charge in [0.25, 0.3) is 0 Å². The van der Waals surface area contributed by atoms with E-state index in [-0.39, 0.29) is 0 Å². The van der Waals surface area contributed by atoms with Crippen molar-refractivity contribution >= 4 is 0 Å². The minimum Gasteiger partial charge on any atom is -0.464 e. The van der Waals surface area contributed by atoms with Crippen LogP contribution in [0, 0.1) is 0 Å². The van der Waals surface area contributed by atoms with Crippen molar-refractivity contribution < 1.29 is 9.15 Å². The quantitative estimate of drug-likeness (QED) is 0.743. The van der Waals surface area contributed by atoms with Gasteiger partial charge in [0, 0.05) is 6.20 Å². The second-order valence-corrected chi connectivity index (χ2v) is 2.63. The molecule has 0 amide bonds. The van der Waals surface area contributed by atoms with Crippen molar-refractivity contribution in [2.24, 2.45) is 0 Å². The fourth-order valence-electron chi connectivity index (χ4n) is 1.08. The van der Waals surface area contributed by atoms with Crippen LogP contribution in [0.2, 0.25) is 0 Å². The minimum absolute atomic E-state index is 0.424. The number of hydrogen-bond donors (Lipinski definition) is 0. The standard InChI is InChI=1S/C10H10N2O2/c1-2-13-9-7-12-10(14-9)8-5-3-4-6-11-8/h3-7H,2H2,1H3. The highest BCUT2D eigenvalue weighted by Gasteiger charge is 2.06. The molecule has 0 bridgehead atoms. The highest BCUT2D eigenvalue weighted by Crippen LogP contribution is 2.20. The Labute approximate surface area is 81.6 Å². The van der Waals surface area contributed by atoms with Crippen molar-refractivity contribution in [1.29, 1.82) is 0 Å². The zero-order chi connectivity index (χ0) is 9.80. The van der Waals surface area contributed by atoms with E-state index in [0.29, 0.717) is 24.1 Å². The first-order valence-electron chi connectivity index (χ1n) is 4.40. The van der Waals surface area contributed by atoms with E-state index in [0.717, 1.165) is 0 Å². The van der Waals surface area contributed by atoms with Gasteiger partial charge in [0.15, 0.2) is 0 Å². The third-order valence-corrected chi connectivity index (χ3v) is 1.66. The third kappa shape index (κ3) is 1.74. The maximum atomic E-state index is 5.31. The molecule has 2 aromatic heterocycles. The van der Waals surface area contributed by atoms with Gasteiger partial charge in [-0.2, -0.15) is 0 Å². The molecule has 0 saturated heterocycles. The Hall–Kier alpha value is -1.84. The lowest BCUT2D eigenvalue weighted by Crippen LogP contribution is -1.88. The number of oxazole rings is 1. The predicted molar refractivity (Wildman–Crippen MR) is 50.9 cm³/mol. The van der Waals surface area contributed by atoms with E-state index in [9.17, 15) is 0 Å². The number of ether oxygens (including phenoxy) is 1. The average molecular weight is 190 g/mol. The van der Waals surface area contributed by atoms with Crippen molar-refractivity contribution in [3.05, 3.63) is 30.6 Å². The van der Waals surface area contributed by atoms with Crippen LogP contribution >= 0.6 is 0 Å². The Morgan fingerprint density at radius 3 is 3.00 bits per heavy atom. The van der Waals surface area contributed by atoms with Gasteiger partial charge in [0.2, 0.25) is 5.89 Å². The Balaban J connectivity index is 2.25. The van der Waals surface area contributed by atoms with Gasteiger partial charge in [0.1, 0.15) is 11.9 Å². The normalized spacial score (nSPS) is 10.1. The van der Waals surface area contributed by atoms with E-state index in [2.05, 4.69) is 9.97 Å². The number of nitrogens with zero attached hydrogens (tertiary/aromatic N) is 2. The van der Waals surface area contributed by atoms with Crippen LogP contribution in [0.5, 0.6) is 5.95 Å². The van der Waals surface area contributed by atoms with E-state index in [1.54, 1.807) is 12.4 Å². The van der Waals surface area contributed by atoms with Gasteiger partial charge in [0.05, 0.1) is 6.61 Å². The molecule has 2 aromatic rings. The second kappa shape index (κ2) is 3.91. The van der Waals surface area contributed by atoms with E-state index in [4.69, 9.17) is 9.15 Å². The molecule has 0 N–H and O–H groups in total. The van der Waals surface area contributed by atoms with E-state index in [1.165, 1.54) is 0 Å². The van der Waals surface area contributed by atoms with Gasteiger partial charge in [-0.15, -0.1) is 0 Å². The van der Waals surface area contributed by atoms with Crippen LogP contribution in [0.1, 0.15) is 6.92 Å². The van der Waals surface area contributed by atoms with E-state index < -0.39 is 0 Å². The molecule has 2 rings (SSSR count). The zero-order valence-electron chi connectivity index (χ0n) is 7.80. The van der Waals surface area contributed by atoms with Gasteiger partial charge >= 0.3 is 5.95 Å². The number of aromatic nitrogens is 2. The van der Waals surface area contributed by atoms with Crippen molar-refractivity contribution in [2.75, 3.05) is 6.61 Å². The monoisotopic (exact) mass is 190 g/mol. The molecule has 0 radical (unpaired) electrons. The average Bonchev–Trinajstić information content (AvgIpc) is 2.68. The summed E-state index contributed by atoms with van der Waals surface area (Å²) in [6.07, 6.45) is 3.24. The highest BCUT2D eigenvalue weighted by atomic mass is 16.6. The Morgan fingerprint density at radius 1 is 1.36 bits per heavy atom. The summed E-state index contributed by atoms with van der Waals surface area (Å²) in [4.78, 5) is 8.16. The maximum Gasteiger partial charge on any atom is 0.305 e. The molecule has 72 valence electrons. The smallest absolute Gasteiger partial charge is 0.305 e. The largest absolute Gasteiger partial charge is 0.464 e. The van der Waals surface area contributed by atoms with E-state index >= 15 is 0 Å². The van der Waals surface area contributed by atoms with Crippen LogP contribution in [-0.4, -0.2) is 16.6 Å². The predicted octanol–water partition coefficient (Wildman–Crippen LogP) is 2.14. The highest BCUT2D eigenvalue weighted by molar-refractivity contribution is 5.46. The molecular formula is C10H10N2O2. The summed E-state index contributed by atoms with van der Waals surface area (Å²) in [5.41, 5.74) is 0.707. The molecule has 0 aliphatic heterocycles. The lowest BCUT2D eigenvalue weighted by Gasteiger charge is -1.94. The summed E-state index contributed by atoms with van der Waals surface area (Å²) in [5.74, 6) is 0.905. The molecular weight excluding hydrogens is 180 g/mol. The molecule has 2 heterocycles. The molecule has 0 aromatic carbocycles. The summed E-state index contributed by atoms with van der Waals surface area (Å²) in [6, 6.07) is 5.56. The maximum absolute atomic E-state index is 5.31. The molecule has 14 heavy (non-hydrogen) atoms. The summed E-state index contributed by atoms with van der Waals surface area (Å²) in [7, 11) is 0. The van der Waals surface area contributed by atoms with Crippen molar-refractivity contribution in [3.63, 3.8) is 0 Å². The van der Waals surface area contributed by atoms with Crippen LogP contribution in [0.3, 0.4) is 0 Å². The summed E-state index contributed by atoms with van der Waals surface area (Å²) < 4.78 is 10.5. The van der Waals surface area contributed by atoms with Crippen molar-refractivity contribution in [3.8, 4) is 17.5 Å². The molecule has 0 aliphatic carbocycles. The number of pyridine rings is 1. The summed E-state index contributed by atoms with van der Waals surface area (Å²) >= 11 is 0. The molecule has 0 fully saturated rings. The van der Waals surface area contributed by atoms with Gasteiger partial charge in [-0.1, -0.05) is 6.07 Å². The first-order chi connectivity index (χ1) is 6.90. The molecule has 0 saturated carbocycles. The summed E-state index contributed by atoms with van der Waals surface area (Å²) in [6.45, 7) is 2.46. The van der Waals surface area contributed by atoms with Crippen LogP contribution in [-0.2, 0) is 0 Å². The minimum atomic E-state index is 0.424. The fourth-order valence-corrected chi connectivity index (χ4v) is 1.08. The van der Waals surface area contributed by atoms with Gasteiger partial charge in [-0.3, -0.25) is 4.98 Å². The SMILES string of the molecule is CCOc1cnc(-c2ccccn2)o1. The lowest BCUT2D eigenvalue weighted by molar-refractivity contribution is 0.260. The second-order valence-electron chi connectivity index (χ2n) is 2.63. The van der Waals surface area contributed by atoms with Crippen LogP contribution in [0.25, 0.3) is 11.6 Å². The van der Waals surface area contributed by atoms with Crippen LogP contribution < -0.4 is 4.74 Å². The van der Waals surface area contributed by atoms with Crippen LogP contribution in [0.15, 0.2) is 35.0 Å². The van der Waals surface area contributed by atoms with Gasteiger partial charge in [-0.25, -0.2) is 4.98 Å². The molecule has 0 spiro atoms. The lowest BCUT2D eigenvalue weighted by atomic mass is 10.3. The Morgan fingerprint density at radius 2 is 2.29 bits per heavy atom. The molecule has 4 heteroatoms. The van der Waals surface area contributed by atoms with Crippen molar-refractivity contribution in [2.45, 2.75) is 6.92 Å². The van der Waals surface area contributed by atoms with E-state index in [1.807, 2.05) is 25.1 Å². The number of rotatable bonds is 3. The van der Waals surface area contributed by atoms with Crippen LogP contribution in [0.4, 0.5) is 0 Å². The number of hydrogen-bond acceptors (Lipinski definition) is 4. The van der Waals surface area contributed by atoms with Gasteiger partial charge < -0.3 is 9.15 Å². The summed E-state index contributed by atoms with van der Waals surface area (Å²) in [5, 5.41) is 0. The molecule has 0 atom stereocenters. The first-order valence-corrected chi connectivity index (χ1v) is 4.40. The first kappa shape index (κ1) is 8.74. The molecule has 0 aliphatic rings. The zero-order valence-corrected chi connectivity index (χ0v) is 7.80. The Kier molecular flexibility index (Phi) is 2.44. The Bertz CT molecular complexity index is 398. The van der Waals surface area contributed by atoms with Crippen molar-refractivity contribution in [1.82, 2.24) is 9.97 Å². The fraction of sp³-hybridized carbons (Fsp3) is 0.200. The molecule has 4 nitrogen and oxygen atoms in total.